The summed E-state index contributed by atoms with van der Waals surface area (Å²) in [5.74, 6) is 0. The Labute approximate surface area is 119 Å². The highest BCUT2D eigenvalue weighted by molar-refractivity contribution is 7.80. The zero-order valence-electron chi connectivity index (χ0n) is 11.3. The highest BCUT2D eigenvalue weighted by Crippen LogP contribution is 2.33. The number of aryl methyl sites for hydroxylation is 1. The van der Waals surface area contributed by atoms with E-state index in [-0.39, 0.29) is 0 Å². The maximum Gasteiger partial charge on any atom is 0.104 e. The number of ether oxygens (including phenoxy) is 1. The van der Waals surface area contributed by atoms with Crippen LogP contribution in [0.4, 0.5) is 5.69 Å². The highest BCUT2D eigenvalue weighted by atomic mass is 32.1. The van der Waals surface area contributed by atoms with Crippen LogP contribution < -0.4 is 10.6 Å². The van der Waals surface area contributed by atoms with E-state index < -0.39 is 0 Å². The van der Waals surface area contributed by atoms with Crippen LogP contribution in [0, 0.1) is 6.92 Å². The molecule has 1 aromatic carbocycles. The van der Waals surface area contributed by atoms with Crippen molar-refractivity contribution in [2.24, 2.45) is 5.73 Å². The molecule has 0 amide bonds. The van der Waals surface area contributed by atoms with Crippen molar-refractivity contribution in [2.75, 3.05) is 18.1 Å². The third kappa shape index (κ3) is 2.35. The molecular formula is C15H20N2OS. The highest BCUT2D eigenvalue weighted by Gasteiger charge is 2.36. The van der Waals surface area contributed by atoms with Gasteiger partial charge in [0.1, 0.15) is 4.99 Å². The quantitative estimate of drug-likeness (QED) is 0.842. The van der Waals surface area contributed by atoms with Crippen LogP contribution in [0.1, 0.15) is 30.4 Å². The van der Waals surface area contributed by atoms with Gasteiger partial charge in [-0.25, -0.2) is 0 Å². The first-order valence-electron chi connectivity index (χ1n) is 6.95. The Morgan fingerprint density at radius 3 is 3.00 bits per heavy atom. The van der Waals surface area contributed by atoms with Gasteiger partial charge in [-0.3, -0.25) is 0 Å². The van der Waals surface area contributed by atoms with Gasteiger partial charge >= 0.3 is 0 Å². The second-order valence-corrected chi connectivity index (χ2v) is 5.90. The van der Waals surface area contributed by atoms with Crippen molar-refractivity contribution in [2.45, 2.75) is 38.3 Å². The maximum atomic E-state index is 5.86. The molecule has 1 saturated heterocycles. The van der Waals surface area contributed by atoms with E-state index in [1.807, 2.05) is 6.07 Å². The van der Waals surface area contributed by atoms with E-state index >= 15 is 0 Å². The van der Waals surface area contributed by atoms with Crippen LogP contribution in [0.15, 0.2) is 18.2 Å². The lowest BCUT2D eigenvalue weighted by Gasteiger charge is -2.39. The lowest BCUT2D eigenvalue weighted by molar-refractivity contribution is 0.0256. The van der Waals surface area contributed by atoms with Crippen molar-refractivity contribution in [1.82, 2.24) is 0 Å². The molecule has 1 aliphatic carbocycles. The molecular weight excluding hydrogens is 256 g/mol. The number of nitrogens with zero attached hydrogens (tertiary/aromatic N) is 1. The lowest BCUT2D eigenvalue weighted by Crippen LogP contribution is -2.48. The topological polar surface area (TPSA) is 38.5 Å². The number of morpholine rings is 1. The minimum Gasteiger partial charge on any atom is -0.389 e. The predicted molar refractivity (Wildman–Crippen MR) is 81.8 cm³/mol. The zero-order valence-corrected chi connectivity index (χ0v) is 12.1. The van der Waals surface area contributed by atoms with E-state index in [1.54, 1.807) is 0 Å². The molecule has 1 heterocycles. The van der Waals surface area contributed by atoms with E-state index in [0.717, 1.165) is 24.3 Å². The molecule has 2 fully saturated rings. The van der Waals surface area contributed by atoms with E-state index in [4.69, 9.17) is 22.7 Å². The summed E-state index contributed by atoms with van der Waals surface area (Å²) in [6, 6.07) is 6.94. The molecule has 1 aliphatic heterocycles. The molecule has 0 aromatic heterocycles. The third-order valence-electron chi connectivity index (χ3n) is 4.29. The first-order chi connectivity index (χ1) is 9.16. The standard InChI is InChI=1S/C15H20N2OS/c1-10-9-11(5-6-12(10)15(16)19)17-7-8-18-14-4-2-3-13(14)17/h5-6,9,13-14H,2-4,7-8H2,1H3,(H2,16,19). The molecule has 4 heteroatoms. The predicted octanol–water partition coefficient (Wildman–Crippen LogP) is 2.39. The van der Waals surface area contributed by atoms with Crippen LogP contribution in [0.3, 0.4) is 0 Å². The summed E-state index contributed by atoms with van der Waals surface area (Å²) in [4.78, 5) is 2.97. The van der Waals surface area contributed by atoms with E-state index in [9.17, 15) is 0 Å². The monoisotopic (exact) mass is 276 g/mol. The maximum absolute atomic E-state index is 5.86. The van der Waals surface area contributed by atoms with E-state index in [0.29, 0.717) is 17.1 Å². The molecule has 2 N–H and O–H groups in total. The lowest BCUT2D eigenvalue weighted by atomic mass is 10.0. The smallest absolute Gasteiger partial charge is 0.104 e. The van der Waals surface area contributed by atoms with Crippen molar-refractivity contribution in [3.8, 4) is 0 Å². The van der Waals surface area contributed by atoms with Crippen LogP contribution >= 0.6 is 12.2 Å². The average molecular weight is 276 g/mol. The van der Waals surface area contributed by atoms with Crippen molar-refractivity contribution in [3.63, 3.8) is 0 Å². The van der Waals surface area contributed by atoms with Crippen molar-refractivity contribution < 1.29 is 4.74 Å². The molecule has 3 nitrogen and oxygen atoms in total. The van der Waals surface area contributed by atoms with Gasteiger partial charge in [0.2, 0.25) is 0 Å². The Morgan fingerprint density at radius 1 is 1.42 bits per heavy atom. The second kappa shape index (κ2) is 5.10. The number of rotatable bonds is 2. The summed E-state index contributed by atoms with van der Waals surface area (Å²) in [6.45, 7) is 3.88. The molecule has 3 rings (SSSR count). The van der Waals surface area contributed by atoms with Gasteiger partial charge in [0, 0.05) is 17.8 Å². The average Bonchev–Trinajstić information content (AvgIpc) is 2.86. The molecule has 1 saturated carbocycles. The number of fused-ring (bicyclic) bond motifs is 1. The zero-order chi connectivity index (χ0) is 13.4. The summed E-state index contributed by atoms with van der Waals surface area (Å²) < 4.78 is 5.86. The number of anilines is 1. The fourth-order valence-electron chi connectivity index (χ4n) is 3.35. The summed E-state index contributed by atoms with van der Waals surface area (Å²) in [5.41, 5.74) is 9.14. The fraction of sp³-hybridized carbons (Fsp3) is 0.533. The molecule has 2 unspecified atom stereocenters. The van der Waals surface area contributed by atoms with Gasteiger partial charge in [0.25, 0.3) is 0 Å². The molecule has 1 aromatic rings. The van der Waals surface area contributed by atoms with Crippen LogP contribution in [0.2, 0.25) is 0 Å². The van der Waals surface area contributed by atoms with Crippen LogP contribution in [-0.4, -0.2) is 30.3 Å². The number of benzene rings is 1. The van der Waals surface area contributed by atoms with E-state index in [1.165, 1.54) is 24.9 Å². The molecule has 2 aliphatic rings. The van der Waals surface area contributed by atoms with Gasteiger partial charge in [-0.1, -0.05) is 12.2 Å². The van der Waals surface area contributed by atoms with Crippen LogP contribution in [0.25, 0.3) is 0 Å². The Hall–Kier alpha value is -1.13. The first-order valence-corrected chi connectivity index (χ1v) is 7.36. The Balaban J connectivity index is 1.89. The minimum absolute atomic E-state index is 0.421. The van der Waals surface area contributed by atoms with Crippen LogP contribution in [-0.2, 0) is 4.74 Å². The van der Waals surface area contributed by atoms with Gasteiger partial charge in [-0.2, -0.15) is 0 Å². The van der Waals surface area contributed by atoms with Crippen LogP contribution in [0.5, 0.6) is 0 Å². The molecule has 2 atom stereocenters. The number of thiocarbonyl (C=S) groups is 1. The SMILES string of the molecule is Cc1cc(N2CCOC3CCCC32)ccc1C(N)=S. The third-order valence-corrected chi connectivity index (χ3v) is 4.51. The Kier molecular flexibility index (Phi) is 3.46. The minimum atomic E-state index is 0.421. The molecule has 0 spiro atoms. The summed E-state index contributed by atoms with van der Waals surface area (Å²) in [7, 11) is 0. The molecule has 0 bridgehead atoms. The fourth-order valence-corrected chi connectivity index (χ4v) is 3.58. The first kappa shape index (κ1) is 12.9. The molecule has 19 heavy (non-hydrogen) atoms. The summed E-state index contributed by atoms with van der Waals surface area (Å²) in [6.07, 6.45) is 4.13. The second-order valence-electron chi connectivity index (χ2n) is 5.46. The van der Waals surface area contributed by atoms with Gasteiger partial charge in [-0.05, 0) is 49.9 Å². The van der Waals surface area contributed by atoms with Gasteiger partial charge in [0.15, 0.2) is 0 Å². The van der Waals surface area contributed by atoms with Crippen molar-refractivity contribution in [1.29, 1.82) is 0 Å². The Bertz CT molecular complexity index is 503. The van der Waals surface area contributed by atoms with E-state index in [2.05, 4.69) is 24.0 Å². The van der Waals surface area contributed by atoms with Crippen molar-refractivity contribution >= 4 is 22.9 Å². The molecule has 102 valence electrons. The number of hydrogen-bond donors (Lipinski definition) is 1. The molecule has 0 radical (unpaired) electrons. The van der Waals surface area contributed by atoms with Gasteiger partial charge in [0.05, 0.1) is 18.8 Å². The number of hydrogen-bond acceptors (Lipinski definition) is 3. The summed E-state index contributed by atoms with van der Waals surface area (Å²) in [5, 5.41) is 0. The largest absolute Gasteiger partial charge is 0.389 e. The van der Waals surface area contributed by atoms with Crippen molar-refractivity contribution in [3.05, 3.63) is 29.3 Å². The van der Waals surface area contributed by atoms with Gasteiger partial charge in [-0.15, -0.1) is 0 Å². The Morgan fingerprint density at radius 2 is 2.26 bits per heavy atom. The van der Waals surface area contributed by atoms with Gasteiger partial charge < -0.3 is 15.4 Å². The summed E-state index contributed by atoms with van der Waals surface area (Å²) >= 11 is 5.07. The number of nitrogens with two attached hydrogens (primary N) is 1. The normalized spacial score (nSPS) is 26.3.